The normalized spacial score (nSPS) is 9.31. The lowest BCUT2D eigenvalue weighted by atomic mass is 10.3. The molecule has 0 amide bonds. The van der Waals surface area contributed by atoms with E-state index in [-0.39, 0.29) is 17.0 Å². The standard InChI is InChI=1S/C10H15NS.BrH/c1-2-3-6-9-12-10-7-4-5-8-11-10;/h4-5,7-8H,2-3,6,9H2,1H3;1H. The Kier molecular flexibility index (Phi) is 8.56. The van der Waals surface area contributed by atoms with E-state index < -0.39 is 0 Å². The van der Waals surface area contributed by atoms with Crippen LogP contribution in [0.5, 0.6) is 0 Å². The first-order chi connectivity index (χ1) is 5.93. The van der Waals surface area contributed by atoms with Gasteiger partial charge in [0, 0.05) is 6.20 Å². The first-order valence-corrected chi connectivity index (χ1v) is 5.46. The van der Waals surface area contributed by atoms with Crippen LogP contribution in [0, 0.1) is 0 Å². The fourth-order valence-corrected chi connectivity index (χ4v) is 1.83. The molecule has 0 spiro atoms. The summed E-state index contributed by atoms with van der Waals surface area (Å²) in [6, 6.07) is 6.06. The minimum absolute atomic E-state index is 0. The van der Waals surface area contributed by atoms with Gasteiger partial charge in [-0.3, -0.25) is 0 Å². The van der Waals surface area contributed by atoms with Crippen molar-refractivity contribution in [2.24, 2.45) is 0 Å². The fraction of sp³-hybridized carbons (Fsp3) is 0.500. The van der Waals surface area contributed by atoms with Crippen LogP contribution in [0.15, 0.2) is 29.4 Å². The predicted molar refractivity (Wildman–Crippen MR) is 64.8 cm³/mol. The van der Waals surface area contributed by atoms with Crippen molar-refractivity contribution in [3.63, 3.8) is 0 Å². The number of pyridine rings is 1. The van der Waals surface area contributed by atoms with Crippen LogP contribution in [0.25, 0.3) is 0 Å². The van der Waals surface area contributed by atoms with E-state index in [1.807, 2.05) is 30.1 Å². The van der Waals surface area contributed by atoms with Crippen molar-refractivity contribution < 1.29 is 0 Å². The lowest BCUT2D eigenvalue weighted by Crippen LogP contribution is -1.81. The molecule has 0 aromatic carbocycles. The zero-order valence-electron chi connectivity index (χ0n) is 7.90. The highest BCUT2D eigenvalue weighted by molar-refractivity contribution is 8.93. The summed E-state index contributed by atoms with van der Waals surface area (Å²) in [4.78, 5) is 4.24. The van der Waals surface area contributed by atoms with Gasteiger partial charge in [0.1, 0.15) is 0 Å². The summed E-state index contributed by atoms with van der Waals surface area (Å²) in [6.07, 6.45) is 5.78. The summed E-state index contributed by atoms with van der Waals surface area (Å²) in [5.74, 6) is 1.20. The molecule has 0 aliphatic heterocycles. The highest BCUT2D eigenvalue weighted by Gasteiger charge is 1.92. The van der Waals surface area contributed by atoms with Crippen molar-refractivity contribution in [1.82, 2.24) is 4.98 Å². The quantitative estimate of drug-likeness (QED) is 0.588. The van der Waals surface area contributed by atoms with E-state index in [9.17, 15) is 0 Å². The minimum Gasteiger partial charge on any atom is -0.250 e. The van der Waals surface area contributed by atoms with Crippen molar-refractivity contribution in [3.8, 4) is 0 Å². The van der Waals surface area contributed by atoms with Crippen LogP contribution < -0.4 is 0 Å². The molecule has 0 atom stereocenters. The molecule has 0 aliphatic carbocycles. The summed E-state index contributed by atoms with van der Waals surface area (Å²) in [5.41, 5.74) is 0. The third kappa shape index (κ3) is 6.11. The van der Waals surface area contributed by atoms with Crippen LogP contribution in [0.1, 0.15) is 26.2 Å². The summed E-state index contributed by atoms with van der Waals surface area (Å²) >= 11 is 1.85. The Bertz CT molecular complexity index is 203. The molecule has 0 unspecified atom stereocenters. The van der Waals surface area contributed by atoms with E-state index in [4.69, 9.17) is 0 Å². The first-order valence-electron chi connectivity index (χ1n) is 4.47. The molecule has 1 aromatic heterocycles. The molecule has 74 valence electrons. The summed E-state index contributed by atoms with van der Waals surface area (Å²) in [5, 5.41) is 1.15. The van der Waals surface area contributed by atoms with Crippen LogP contribution in [0.3, 0.4) is 0 Å². The minimum atomic E-state index is 0. The van der Waals surface area contributed by atoms with E-state index in [2.05, 4.69) is 18.0 Å². The summed E-state index contributed by atoms with van der Waals surface area (Å²) < 4.78 is 0. The molecule has 0 N–H and O–H groups in total. The molecule has 3 heteroatoms. The molecule has 1 heterocycles. The van der Waals surface area contributed by atoms with E-state index in [0.717, 1.165) is 5.03 Å². The number of rotatable bonds is 5. The maximum absolute atomic E-state index is 4.24. The molecule has 0 fully saturated rings. The van der Waals surface area contributed by atoms with E-state index in [1.165, 1.54) is 25.0 Å². The molecule has 1 nitrogen and oxygen atoms in total. The maximum atomic E-state index is 4.24. The van der Waals surface area contributed by atoms with Gasteiger partial charge in [0.15, 0.2) is 0 Å². The molecule has 0 aliphatic rings. The largest absolute Gasteiger partial charge is 0.250 e. The number of hydrogen-bond acceptors (Lipinski definition) is 2. The number of unbranched alkanes of at least 4 members (excludes halogenated alkanes) is 2. The van der Waals surface area contributed by atoms with Crippen LogP contribution in [-0.4, -0.2) is 10.7 Å². The topological polar surface area (TPSA) is 12.9 Å². The van der Waals surface area contributed by atoms with E-state index in [0.29, 0.717) is 0 Å². The Labute approximate surface area is 95.1 Å². The monoisotopic (exact) mass is 261 g/mol. The molecule has 1 rings (SSSR count). The number of hydrogen-bond donors (Lipinski definition) is 0. The predicted octanol–water partition coefficient (Wildman–Crippen LogP) is 3.94. The number of aromatic nitrogens is 1. The number of nitrogens with zero attached hydrogens (tertiary/aromatic N) is 1. The maximum Gasteiger partial charge on any atom is 0.0959 e. The van der Waals surface area contributed by atoms with Gasteiger partial charge in [-0.25, -0.2) is 4.98 Å². The van der Waals surface area contributed by atoms with Gasteiger partial charge in [0.05, 0.1) is 5.03 Å². The Morgan fingerprint density at radius 1 is 1.31 bits per heavy atom. The van der Waals surface area contributed by atoms with Gasteiger partial charge in [0.2, 0.25) is 0 Å². The second kappa shape index (κ2) is 8.57. The van der Waals surface area contributed by atoms with E-state index >= 15 is 0 Å². The van der Waals surface area contributed by atoms with Gasteiger partial charge >= 0.3 is 0 Å². The van der Waals surface area contributed by atoms with Crippen molar-refractivity contribution in [3.05, 3.63) is 24.4 Å². The molecule has 13 heavy (non-hydrogen) atoms. The number of thioether (sulfide) groups is 1. The van der Waals surface area contributed by atoms with Gasteiger partial charge in [-0.15, -0.1) is 28.7 Å². The van der Waals surface area contributed by atoms with Gasteiger partial charge < -0.3 is 0 Å². The Morgan fingerprint density at radius 2 is 2.15 bits per heavy atom. The lowest BCUT2D eigenvalue weighted by molar-refractivity contribution is 0.778. The lowest BCUT2D eigenvalue weighted by Gasteiger charge is -1.98. The zero-order chi connectivity index (χ0) is 8.65. The van der Waals surface area contributed by atoms with Crippen molar-refractivity contribution in [1.29, 1.82) is 0 Å². The SMILES string of the molecule is Br.CCCCCSc1ccccn1. The first kappa shape index (κ1) is 13.0. The molecule has 1 aromatic rings. The summed E-state index contributed by atoms with van der Waals surface area (Å²) in [7, 11) is 0. The zero-order valence-corrected chi connectivity index (χ0v) is 10.4. The molecule has 0 bridgehead atoms. The Balaban J connectivity index is 0.00000144. The fourth-order valence-electron chi connectivity index (χ4n) is 0.961. The summed E-state index contributed by atoms with van der Waals surface area (Å²) in [6.45, 7) is 2.23. The highest BCUT2D eigenvalue weighted by Crippen LogP contribution is 2.15. The van der Waals surface area contributed by atoms with Gasteiger partial charge in [0.25, 0.3) is 0 Å². The molecule has 0 radical (unpaired) electrons. The molecule has 0 saturated heterocycles. The Hall–Kier alpha value is -0.0200. The highest BCUT2D eigenvalue weighted by atomic mass is 79.9. The number of halogens is 1. The second-order valence-corrected chi connectivity index (χ2v) is 3.84. The average Bonchev–Trinajstić information content (AvgIpc) is 2.14. The van der Waals surface area contributed by atoms with Crippen LogP contribution in [-0.2, 0) is 0 Å². The van der Waals surface area contributed by atoms with Crippen molar-refractivity contribution in [2.45, 2.75) is 31.2 Å². The average molecular weight is 262 g/mol. The van der Waals surface area contributed by atoms with Crippen LogP contribution in [0.4, 0.5) is 0 Å². The Morgan fingerprint density at radius 3 is 2.77 bits per heavy atom. The van der Waals surface area contributed by atoms with Crippen LogP contribution in [0.2, 0.25) is 0 Å². The van der Waals surface area contributed by atoms with E-state index in [1.54, 1.807) is 0 Å². The molecular formula is C10H16BrNS. The smallest absolute Gasteiger partial charge is 0.0959 e. The van der Waals surface area contributed by atoms with Crippen molar-refractivity contribution >= 4 is 28.7 Å². The van der Waals surface area contributed by atoms with Crippen LogP contribution >= 0.6 is 28.7 Å². The van der Waals surface area contributed by atoms with Gasteiger partial charge in [-0.05, 0) is 24.3 Å². The second-order valence-electron chi connectivity index (χ2n) is 2.72. The van der Waals surface area contributed by atoms with Crippen molar-refractivity contribution in [2.75, 3.05) is 5.75 Å². The molecule has 0 saturated carbocycles. The van der Waals surface area contributed by atoms with Gasteiger partial charge in [-0.1, -0.05) is 25.8 Å². The molecular weight excluding hydrogens is 246 g/mol. The van der Waals surface area contributed by atoms with Gasteiger partial charge in [-0.2, -0.15) is 0 Å². The third-order valence-corrected chi connectivity index (χ3v) is 2.67. The third-order valence-electron chi connectivity index (χ3n) is 1.64.